The molecule has 0 unspecified atom stereocenters. The van der Waals surface area contributed by atoms with Gasteiger partial charge in [-0.15, -0.1) is 0 Å². The van der Waals surface area contributed by atoms with Gasteiger partial charge in [-0.2, -0.15) is 18.5 Å². The lowest BCUT2D eigenvalue weighted by Crippen LogP contribution is -2.21. The number of hydrogen-bond donors (Lipinski definition) is 2. The molecular formula is C21H21N3O6S. The molecule has 0 saturated carbocycles. The fourth-order valence-corrected chi connectivity index (χ4v) is 3.35. The molecule has 1 aliphatic rings. The Morgan fingerprint density at radius 2 is 1.74 bits per heavy atom. The predicted octanol–water partition coefficient (Wildman–Crippen LogP) is 2.83. The molecule has 0 aliphatic carbocycles. The second-order valence-electron chi connectivity index (χ2n) is 6.83. The van der Waals surface area contributed by atoms with Crippen molar-refractivity contribution < 1.29 is 27.9 Å². The Bertz CT molecular complexity index is 1150. The molecule has 0 saturated heterocycles. The van der Waals surface area contributed by atoms with Crippen LogP contribution in [0.4, 0.5) is 11.4 Å². The topological polar surface area (TPSA) is 120 Å². The van der Waals surface area contributed by atoms with Gasteiger partial charge in [-0.05, 0) is 48.0 Å². The molecule has 0 bridgehead atoms. The lowest BCUT2D eigenvalue weighted by Gasteiger charge is -2.12. The van der Waals surface area contributed by atoms with E-state index in [0.29, 0.717) is 5.69 Å². The summed E-state index contributed by atoms with van der Waals surface area (Å²) in [6, 6.07) is 12.8. The van der Waals surface area contributed by atoms with E-state index in [2.05, 4.69) is 9.99 Å². The fourth-order valence-electron chi connectivity index (χ4n) is 2.87. The molecule has 0 spiro atoms. The Hall–Kier alpha value is -3.31. The molecule has 1 heterocycles. The number of hydrogen-bond acceptors (Lipinski definition) is 7. The molecule has 2 N–H and O–H groups in total. The summed E-state index contributed by atoms with van der Waals surface area (Å²) < 4.78 is 31.5. The minimum Gasteiger partial charge on any atom is -0.378 e. The second-order valence-corrected chi connectivity index (χ2v) is 8.25. The van der Waals surface area contributed by atoms with Gasteiger partial charge in [0.15, 0.2) is 0 Å². The van der Waals surface area contributed by atoms with Crippen LogP contribution in [0.15, 0.2) is 76.3 Å². The van der Waals surface area contributed by atoms with E-state index >= 15 is 0 Å². The van der Waals surface area contributed by atoms with Crippen LogP contribution in [0.2, 0.25) is 0 Å². The molecule has 1 amide bonds. The van der Waals surface area contributed by atoms with Gasteiger partial charge in [0.05, 0.1) is 16.2 Å². The first kappa shape index (κ1) is 22.4. The minimum atomic E-state index is -4.35. The largest absolute Gasteiger partial charge is 0.378 e. The molecule has 162 valence electrons. The van der Waals surface area contributed by atoms with Crippen molar-refractivity contribution in [2.45, 2.75) is 4.90 Å². The highest BCUT2D eigenvalue weighted by Crippen LogP contribution is 2.25. The summed E-state index contributed by atoms with van der Waals surface area (Å²) in [6.07, 6.45) is 5.07. The number of amides is 1. The van der Waals surface area contributed by atoms with Gasteiger partial charge in [-0.1, -0.05) is 24.3 Å². The van der Waals surface area contributed by atoms with Crippen LogP contribution in [0.3, 0.4) is 0 Å². The highest BCUT2D eigenvalue weighted by molar-refractivity contribution is 7.85. The van der Waals surface area contributed by atoms with E-state index < -0.39 is 16.0 Å². The van der Waals surface area contributed by atoms with E-state index in [4.69, 9.17) is 9.81 Å². The van der Waals surface area contributed by atoms with E-state index in [0.717, 1.165) is 28.4 Å². The number of rotatable bonds is 7. The zero-order valence-corrected chi connectivity index (χ0v) is 17.7. The molecular weight excluding hydrogens is 422 g/mol. The Labute approximate surface area is 179 Å². The second kappa shape index (κ2) is 9.23. The maximum absolute atomic E-state index is 12.8. The third kappa shape index (κ3) is 5.25. The van der Waals surface area contributed by atoms with E-state index in [1.165, 1.54) is 12.1 Å². The zero-order valence-electron chi connectivity index (χ0n) is 16.8. The summed E-state index contributed by atoms with van der Waals surface area (Å²) in [5.74, 6) is -0.473. The Morgan fingerprint density at radius 1 is 1.10 bits per heavy atom. The van der Waals surface area contributed by atoms with E-state index in [9.17, 15) is 13.2 Å². The molecule has 31 heavy (non-hydrogen) atoms. The first-order valence-corrected chi connectivity index (χ1v) is 10.6. The third-order valence-electron chi connectivity index (χ3n) is 4.50. The summed E-state index contributed by atoms with van der Waals surface area (Å²) in [7, 11) is -0.445. The van der Waals surface area contributed by atoms with Crippen molar-refractivity contribution in [2.75, 3.05) is 30.6 Å². The van der Waals surface area contributed by atoms with Gasteiger partial charge in [0.25, 0.3) is 16.0 Å². The van der Waals surface area contributed by atoms with Crippen LogP contribution in [-0.2, 0) is 19.8 Å². The maximum atomic E-state index is 12.8. The van der Waals surface area contributed by atoms with Gasteiger partial charge in [0.1, 0.15) is 12.3 Å². The normalized spacial score (nSPS) is 15.7. The van der Waals surface area contributed by atoms with Crippen LogP contribution in [0.1, 0.15) is 5.56 Å². The number of carbonyl (C=O) groups is 1. The fraction of sp³-hybridized carbons (Fsp3) is 0.143. The summed E-state index contributed by atoms with van der Waals surface area (Å²) in [5.41, 5.74) is 2.71. The number of allylic oxidation sites excluding steroid dienone is 2. The third-order valence-corrected chi connectivity index (χ3v) is 5.36. The monoisotopic (exact) mass is 443 g/mol. The van der Waals surface area contributed by atoms with Crippen LogP contribution < -0.4 is 9.91 Å². The molecule has 0 fully saturated rings. The summed E-state index contributed by atoms with van der Waals surface area (Å²) in [4.78, 5) is 18.7. The molecule has 3 rings (SSSR count). The van der Waals surface area contributed by atoms with E-state index in [1.807, 2.05) is 49.3 Å². The van der Waals surface area contributed by atoms with Crippen LogP contribution >= 0.6 is 0 Å². The van der Waals surface area contributed by atoms with Gasteiger partial charge in [-0.3, -0.25) is 14.6 Å². The Morgan fingerprint density at radius 3 is 2.29 bits per heavy atom. The van der Waals surface area contributed by atoms with Crippen LogP contribution in [0.5, 0.6) is 0 Å². The quantitative estimate of drug-likeness (QED) is 0.292. The number of anilines is 2. The Kier molecular flexibility index (Phi) is 6.66. The van der Waals surface area contributed by atoms with E-state index in [-0.39, 0.29) is 22.8 Å². The van der Waals surface area contributed by atoms with Crippen LogP contribution in [0.25, 0.3) is 6.08 Å². The first-order valence-electron chi connectivity index (χ1n) is 9.12. The molecule has 0 radical (unpaired) electrons. The highest BCUT2D eigenvalue weighted by Gasteiger charge is 2.31. The molecule has 2 aromatic rings. The summed E-state index contributed by atoms with van der Waals surface area (Å²) >= 11 is 0. The van der Waals surface area contributed by atoms with Gasteiger partial charge in [0, 0.05) is 19.8 Å². The first-order chi connectivity index (χ1) is 14.7. The molecule has 1 aliphatic heterocycles. The van der Waals surface area contributed by atoms with Crippen molar-refractivity contribution in [1.82, 2.24) is 0 Å². The van der Waals surface area contributed by atoms with Gasteiger partial charge in [-0.25, -0.2) is 4.89 Å². The molecule has 0 aromatic heterocycles. The number of nitrogens with zero attached hydrogens (tertiary/aromatic N) is 3. The van der Waals surface area contributed by atoms with Gasteiger partial charge >= 0.3 is 0 Å². The number of hydrazone groups is 1. The maximum Gasteiger partial charge on any atom is 0.294 e. The average molecular weight is 443 g/mol. The summed E-state index contributed by atoms with van der Waals surface area (Å²) in [6.45, 7) is -0.303. The van der Waals surface area contributed by atoms with E-state index in [1.54, 1.807) is 12.2 Å². The van der Waals surface area contributed by atoms with Crippen molar-refractivity contribution in [3.8, 4) is 0 Å². The molecule has 9 nitrogen and oxygen atoms in total. The lowest BCUT2D eigenvalue weighted by molar-refractivity contribution is -0.227. The van der Waals surface area contributed by atoms with Crippen molar-refractivity contribution in [1.29, 1.82) is 0 Å². The minimum absolute atomic E-state index is 0.207. The van der Waals surface area contributed by atoms with Crippen molar-refractivity contribution >= 4 is 39.2 Å². The number of benzene rings is 2. The predicted molar refractivity (Wildman–Crippen MR) is 118 cm³/mol. The van der Waals surface area contributed by atoms with Gasteiger partial charge in [0.2, 0.25) is 0 Å². The van der Waals surface area contributed by atoms with Crippen molar-refractivity contribution in [3.05, 3.63) is 71.8 Å². The van der Waals surface area contributed by atoms with Crippen molar-refractivity contribution in [3.63, 3.8) is 0 Å². The highest BCUT2D eigenvalue weighted by atomic mass is 32.2. The van der Waals surface area contributed by atoms with Crippen LogP contribution in [-0.4, -0.2) is 50.5 Å². The number of carbonyl (C=O) groups excluding carboxylic acids is 1. The average Bonchev–Trinajstić information content (AvgIpc) is 3.04. The van der Waals surface area contributed by atoms with Crippen molar-refractivity contribution in [2.24, 2.45) is 5.10 Å². The lowest BCUT2D eigenvalue weighted by atomic mass is 10.1. The standard InChI is InChI=1S/C21H21N3O6S/c1-23(2)16-8-6-15(7-9-16)4-3-5-19-20(14-30-26)22-24(21(19)25)17-10-12-18(13-11-17)31(27,28)29/h3-13,26H,14H2,1-2H3,(H,27,28,29)/b4-3+,19-5+. The van der Waals surface area contributed by atoms with Gasteiger partial charge < -0.3 is 4.90 Å². The molecule has 10 heteroatoms. The molecule has 0 atom stereocenters. The Balaban J connectivity index is 1.83. The smallest absolute Gasteiger partial charge is 0.294 e. The van der Waals surface area contributed by atoms with Crippen LogP contribution in [0, 0.1) is 0 Å². The summed E-state index contributed by atoms with van der Waals surface area (Å²) in [5, 5.41) is 14.1. The zero-order chi connectivity index (χ0) is 22.6. The molecule has 2 aromatic carbocycles. The SMILES string of the molecule is CN(C)c1ccc(/C=C/C=C2/C(=O)N(c3ccc(S(=O)(=O)O)cc3)N=C2COO)cc1.